The van der Waals surface area contributed by atoms with E-state index < -0.39 is 0 Å². The van der Waals surface area contributed by atoms with E-state index in [0.29, 0.717) is 16.9 Å². The highest BCUT2D eigenvalue weighted by Gasteiger charge is 2.12. The molecule has 0 bridgehead atoms. The number of hydrogen-bond donors (Lipinski definition) is 2. The number of aromatic amines is 1. The first-order valence-corrected chi connectivity index (χ1v) is 5.34. The first kappa shape index (κ1) is 12.4. The molecule has 5 nitrogen and oxygen atoms in total. The van der Waals surface area contributed by atoms with E-state index in [4.69, 9.17) is 5.73 Å². The molecule has 88 valence electrons. The van der Waals surface area contributed by atoms with Crippen LogP contribution in [0.5, 0.6) is 0 Å². The van der Waals surface area contributed by atoms with Gasteiger partial charge < -0.3 is 5.73 Å². The second-order valence-electron chi connectivity index (χ2n) is 4.29. The first-order valence-electron chi connectivity index (χ1n) is 5.34. The normalized spacial score (nSPS) is 11.9. The second-order valence-corrected chi connectivity index (χ2v) is 4.29. The summed E-state index contributed by atoms with van der Waals surface area (Å²) in [6, 6.07) is 0.134. The average Bonchev–Trinajstić information content (AvgIpc) is 2.16. The van der Waals surface area contributed by atoms with Crippen LogP contribution in [0.3, 0.4) is 0 Å². The zero-order chi connectivity index (χ0) is 12.3. The molecule has 0 saturated heterocycles. The first-order chi connectivity index (χ1) is 7.43. The van der Waals surface area contributed by atoms with Crippen molar-refractivity contribution in [1.82, 2.24) is 10.2 Å². The highest BCUT2D eigenvalue weighted by molar-refractivity contribution is 5.87. The van der Waals surface area contributed by atoms with Crippen molar-refractivity contribution in [3.05, 3.63) is 21.6 Å². The summed E-state index contributed by atoms with van der Waals surface area (Å²) < 4.78 is 0. The lowest BCUT2D eigenvalue weighted by atomic mass is 10.1. The van der Waals surface area contributed by atoms with Crippen LogP contribution in [-0.4, -0.2) is 22.5 Å². The number of nitrogen functional groups attached to an aromatic ring is 1. The van der Waals surface area contributed by atoms with Crippen molar-refractivity contribution in [3.63, 3.8) is 0 Å². The molecule has 5 heteroatoms. The lowest BCUT2D eigenvalue weighted by Gasteiger charge is -2.08. The van der Waals surface area contributed by atoms with E-state index in [1.807, 2.05) is 27.7 Å². The van der Waals surface area contributed by atoms with Crippen LogP contribution < -0.4 is 11.3 Å². The molecule has 0 amide bonds. The molecule has 0 saturated carbocycles. The molecule has 0 radical (unpaired) electrons. The van der Waals surface area contributed by atoms with Gasteiger partial charge in [-0.3, -0.25) is 9.79 Å². The molecule has 0 atom stereocenters. The summed E-state index contributed by atoms with van der Waals surface area (Å²) in [6.45, 7) is 7.82. The van der Waals surface area contributed by atoms with E-state index in [0.717, 1.165) is 0 Å². The number of nitrogens with one attached hydrogen (secondary N) is 1. The molecule has 0 aromatic carbocycles. The molecule has 0 aliphatic heterocycles. The number of aliphatic imine (C=N–C) groups is 1. The lowest BCUT2D eigenvalue weighted by Crippen LogP contribution is -2.20. The summed E-state index contributed by atoms with van der Waals surface area (Å²) in [6.07, 6.45) is 1.52. The van der Waals surface area contributed by atoms with Crippen molar-refractivity contribution in [3.8, 4) is 0 Å². The van der Waals surface area contributed by atoms with Gasteiger partial charge in [-0.05, 0) is 19.8 Å². The van der Waals surface area contributed by atoms with Gasteiger partial charge >= 0.3 is 0 Å². The summed E-state index contributed by atoms with van der Waals surface area (Å²) in [5.74, 6) is 0.169. The summed E-state index contributed by atoms with van der Waals surface area (Å²) in [5.41, 5.74) is 7.11. The van der Waals surface area contributed by atoms with E-state index >= 15 is 0 Å². The summed E-state index contributed by atoms with van der Waals surface area (Å²) in [7, 11) is 0. The predicted molar refractivity (Wildman–Crippen MR) is 66.1 cm³/mol. The Morgan fingerprint density at radius 1 is 1.38 bits per heavy atom. The van der Waals surface area contributed by atoms with Crippen molar-refractivity contribution in [1.29, 1.82) is 0 Å². The molecule has 0 aliphatic carbocycles. The SMILES string of the molecule is CC(C)N=Cc1c(N)c(C(C)C)n[nH]c1=O. The molecule has 1 heterocycles. The van der Waals surface area contributed by atoms with Gasteiger partial charge in [-0.2, -0.15) is 5.10 Å². The molecule has 0 fully saturated rings. The van der Waals surface area contributed by atoms with Crippen LogP contribution in [0.2, 0.25) is 0 Å². The van der Waals surface area contributed by atoms with Crippen molar-refractivity contribution in [2.45, 2.75) is 39.7 Å². The Balaban J connectivity index is 3.27. The van der Waals surface area contributed by atoms with Gasteiger partial charge in [0, 0.05) is 12.3 Å². The molecule has 16 heavy (non-hydrogen) atoms. The third-order valence-corrected chi connectivity index (χ3v) is 2.14. The van der Waals surface area contributed by atoms with Crippen molar-refractivity contribution in [2.75, 3.05) is 5.73 Å². The van der Waals surface area contributed by atoms with Crippen LogP contribution in [0.15, 0.2) is 9.79 Å². The van der Waals surface area contributed by atoms with Crippen molar-refractivity contribution < 1.29 is 0 Å². The van der Waals surface area contributed by atoms with Crippen LogP contribution in [-0.2, 0) is 0 Å². The monoisotopic (exact) mass is 222 g/mol. The molecule has 3 N–H and O–H groups in total. The smallest absolute Gasteiger partial charge is 0.275 e. The molecular formula is C11H18N4O. The molecule has 1 aromatic rings. The van der Waals surface area contributed by atoms with Gasteiger partial charge in [0.25, 0.3) is 5.56 Å². The van der Waals surface area contributed by atoms with Gasteiger partial charge in [0.15, 0.2) is 0 Å². The number of rotatable bonds is 3. The van der Waals surface area contributed by atoms with Gasteiger partial charge in [-0.25, -0.2) is 5.10 Å². The Kier molecular flexibility index (Phi) is 3.82. The Morgan fingerprint density at radius 3 is 2.50 bits per heavy atom. The number of nitrogens with zero attached hydrogens (tertiary/aromatic N) is 2. The molecule has 0 spiro atoms. The number of anilines is 1. The third kappa shape index (κ3) is 2.68. The van der Waals surface area contributed by atoms with Gasteiger partial charge in [0.05, 0.1) is 16.9 Å². The van der Waals surface area contributed by atoms with Crippen molar-refractivity contribution >= 4 is 11.9 Å². The Morgan fingerprint density at radius 2 is 2.00 bits per heavy atom. The standard InChI is InChI=1S/C11H18N4O/c1-6(2)10-9(12)8(5-13-7(3)4)11(16)15-14-10/h5-7H,1-4H3,(H3,12,15,16). The van der Waals surface area contributed by atoms with E-state index in [-0.39, 0.29) is 17.5 Å². The third-order valence-electron chi connectivity index (χ3n) is 2.14. The number of hydrogen-bond acceptors (Lipinski definition) is 4. The maximum absolute atomic E-state index is 11.5. The number of aromatic nitrogens is 2. The minimum atomic E-state index is -0.300. The topological polar surface area (TPSA) is 84.1 Å². The molecule has 1 rings (SSSR count). The summed E-state index contributed by atoms with van der Waals surface area (Å²) in [4.78, 5) is 15.7. The Hall–Kier alpha value is -1.65. The highest BCUT2D eigenvalue weighted by atomic mass is 16.1. The van der Waals surface area contributed by atoms with Gasteiger partial charge in [-0.1, -0.05) is 13.8 Å². The number of H-pyrrole nitrogens is 1. The second kappa shape index (κ2) is 4.92. The minimum absolute atomic E-state index is 0.134. The van der Waals surface area contributed by atoms with Crippen LogP contribution in [0.1, 0.15) is 44.9 Å². The van der Waals surface area contributed by atoms with Crippen LogP contribution in [0, 0.1) is 0 Å². The lowest BCUT2D eigenvalue weighted by molar-refractivity contribution is 0.780. The minimum Gasteiger partial charge on any atom is -0.396 e. The zero-order valence-corrected chi connectivity index (χ0v) is 10.1. The fourth-order valence-electron chi connectivity index (χ4n) is 1.28. The van der Waals surface area contributed by atoms with Gasteiger partial charge in [0.1, 0.15) is 0 Å². The van der Waals surface area contributed by atoms with Crippen LogP contribution in [0.25, 0.3) is 0 Å². The highest BCUT2D eigenvalue weighted by Crippen LogP contribution is 2.18. The quantitative estimate of drug-likeness (QED) is 0.756. The molecule has 0 aliphatic rings. The van der Waals surface area contributed by atoms with Gasteiger partial charge in [-0.15, -0.1) is 0 Å². The van der Waals surface area contributed by atoms with Crippen LogP contribution in [0.4, 0.5) is 5.69 Å². The van der Waals surface area contributed by atoms with E-state index in [2.05, 4.69) is 15.2 Å². The van der Waals surface area contributed by atoms with Crippen molar-refractivity contribution in [2.24, 2.45) is 4.99 Å². The van der Waals surface area contributed by atoms with Crippen LogP contribution >= 0.6 is 0 Å². The Labute approximate surface area is 94.8 Å². The largest absolute Gasteiger partial charge is 0.396 e. The van der Waals surface area contributed by atoms with E-state index in [9.17, 15) is 4.79 Å². The summed E-state index contributed by atoms with van der Waals surface area (Å²) in [5, 5.41) is 6.38. The fourth-order valence-corrected chi connectivity index (χ4v) is 1.28. The van der Waals surface area contributed by atoms with Gasteiger partial charge in [0.2, 0.25) is 0 Å². The Bertz CT molecular complexity index is 446. The summed E-state index contributed by atoms with van der Waals surface area (Å²) >= 11 is 0. The fraction of sp³-hybridized carbons (Fsp3) is 0.545. The predicted octanol–water partition coefficient (Wildman–Crippen LogP) is 1.30. The molecule has 0 unspecified atom stereocenters. The van der Waals surface area contributed by atoms with E-state index in [1.165, 1.54) is 6.21 Å². The molecule has 1 aromatic heterocycles. The average molecular weight is 222 g/mol. The maximum atomic E-state index is 11.5. The number of nitrogens with two attached hydrogens (primary N) is 1. The maximum Gasteiger partial charge on any atom is 0.275 e. The van der Waals surface area contributed by atoms with E-state index in [1.54, 1.807) is 0 Å². The zero-order valence-electron chi connectivity index (χ0n) is 10.1. The molecular weight excluding hydrogens is 204 g/mol.